The van der Waals surface area contributed by atoms with Crippen LogP contribution in [0.4, 0.5) is 0 Å². The molecular formula is C19H15O5-. The highest BCUT2D eigenvalue weighted by atomic mass is 16.5. The van der Waals surface area contributed by atoms with Gasteiger partial charge in [0.1, 0.15) is 11.3 Å². The van der Waals surface area contributed by atoms with Crippen molar-refractivity contribution in [3.05, 3.63) is 76.1 Å². The average molecular weight is 323 g/mol. The minimum atomic E-state index is -1.34. The number of benzene rings is 2. The number of ether oxygens (including phenoxy) is 1. The Morgan fingerprint density at radius 1 is 1.17 bits per heavy atom. The molecule has 0 bridgehead atoms. The van der Waals surface area contributed by atoms with Crippen LogP contribution in [0.2, 0.25) is 0 Å². The van der Waals surface area contributed by atoms with Crippen molar-refractivity contribution in [3.63, 3.8) is 0 Å². The van der Waals surface area contributed by atoms with E-state index in [2.05, 4.69) is 0 Å². The largest absolute Gasteiger partial charge is 0.546 e. The van der Waals surface area contributed by atoms with Crippen molar-refractivity contribution in [1.82, 2.24) is 0 Å². The van der Waals surface area contributed by atoms with Crippen molar-refractivity contribution in [2.75, 3.05) is 0 Å². The molecule has 1 heterocycles. The molecular weight excluding hydrogens is 308 g/mol. The summed E-state index contributed by atoms with van der Waals surface area (Å²) >= 11 is 0. The number of aliphatic carboxylic acids is 1. The maximum Gasteiger partial charge on any atom is 0.336 e. The summed E-state index contributed by atoms with van der Waals surface area (Å²) in [6, 6.07) is 14.9. The molecule has 0 N–H and O–H groups in total. The second-order valence-electron chi connectivity index (χ2n) is 5.33. The Balaban J connectivity index is 2.00. The zero-order chi connectivity index (χ0) is 17.1. The van der Waals surface area contributed by atoms with Crippen LogP contribution < -0.4 is 15.5 Å². The lowest BCUT2D eigenvalue weighted by atomic mass is 10.1. The van der Waals surface area contributed by atoms with E-state index in [9.17, 15) is 14.7 Å². The fourth-order valence-electron chi connectivity index (χ4n) is 2.59. The van der Waals surface area contributed by atoms with E-state index in [4.69, 9.17) is 9.15 Å². The van der Waals surface area contributed by atoms with Gasteiger partial charge in [0.25, 0.3) is 0 Å². The van der Waals surface area contributed by atoms with E-state index in [1.807, 2.05) is 6.92 Å². The van der Waals surface area contributed by atoms with Gasteiger partial charge in [-0.2, -0.15) is 0 Å². The van der Waals surface area contributed by atoms with Gasteiger partial charge in [0.05, 0.1) is 5.97 Å². The summed E-state index contributed by atoms with van der Waals surface area (Å²) in [7, 11) is 0. The van der Waals surface area contributed by atoms with Crippen LogP contribution in [-0.2, 0) is 11.2 Å². The summed E-state index contributed by atoms with van der Waals surface area (Å²) in [5.74, 6) is -1.05. The Kier molecular flexibility index (Phi) is 4.33. The molecule has 5 nitrogen and oxygen atoms in total. The van der Waals surface area contributed by atoms with Gasteiger partial charge in [-0.3, -0.25) is 0 Å². The molecule has 0 aliphatic carbocycles. The smallest absolute Gasteiger partial charge is 0.336 e. The third kappa shape index (κ3) is 3.15. The molecule has 0 saturated heterocycles. The molecule has 1 aromatic heterocycles. The fourth-order valence-corrected chi connectivity index (χ4v) is 2.59. The topological polar surface area (TPSA) is 79.6 Å². The van der Waals surface area contributed by atoms with Gasteiger partial charge >= 0.3 is 5.63 Å². The van der Waals surface area contributed by atoms with E-state index >= 15 is 0 Å². The summed E-state index contributed by atoms with van der Waals surface area (Å²) < 4.78 is 10.8. The zero-order valence-corrected chi connectivity index (χ0v) is 13.0. The number of carboxylic acid groups (broad SMARTS) is 1. The number of carbonyl (C=O) groups is 1. The third-order valence-corrected chi connectivity index (χ3v) is 3.75. The van der Waals surface area contributed by atoms with Crippen LogP contribution in [0, 0.1) is 0 Å². The van der Waals surface area contributed by atoms with Gasteiger partial charge in [0.2, 0.25) is 0 Å². The van der Waals surface area contributed by atoms with Crippen LogP contribution in [0.5, 0.6) is 5.75 Å². The predicted molar refractivity (Wildman–Crippen MR) is 86.7 cm³/mol. The number of rotatable bonds is 5. The summed E-state index contributed by atoms with van der Waals surface area (Å²) in [4.78, 5) is 23.0. The van der Waals surface area contributed by atoms with Crippen molar-refractivity contribution in [3.8, 4) is 5.75 Å². The summed E-state index contributed by atoms with van der Waals surface area (Å²) in [5.41, 5.74) is 1.26. The minimum absolute atomic E-state index is 0.289. The van der Waals surface area contributed by atoms with E-state index in [1.165, 1.54) is 12.1 Å². The first-order valence-corrected chi connectivity index (χ1v) is 7.57. The van der Waals surface area contributed by atoms with E-state index in [1.54, 1.807) is 42.5 Å². The standard InChI is InChI=1S/C19H16O5/c1-2-12-10-17(20)24-16-11-14(8-9-15(12)16)23-18(19(21)22)13-6-4-3-5-7-13/h3-11,18H,2H2,1H3,(H,21,22)/p-1/t18-/m1/s1. The van der Waals surface area contributed by atoms with E-state index in [0.717, 1.165) is 10.9 Å². The van der Waals surface area contributed by atoms with Gasteiger partial charge < -0.3 is 19.1 Å². The van der Waals surface area contributed by atoms with Gasteiger partial charge in [0.15, 0.2) is 6.10 Å². The molecule has 5 heteroatoms. The SMILES string of the molecule is CCc1cc(=O)oc2cc(O[C@@H](C(=O)[O-])c3ccccc3)ccc12. The van der Waals surface area contributed by atoms with E-state index in [0.29, 0.717) is 17.6 Å². The van der Waals surface area contributed by atoms with Crippen molar-refractivity contribution >= 4 is 16.9 Å². The molecule has 0 aliphatic rings. The molecule has 122 valence electrons. The average Bonchev–Trinajstić information content (AvgIpc) is 2.59. The highest BCUT2D eigenvalue weighted by Gasteiger charge is 2.15. The Morgan fingerprint density at radius 2 is 1.92 bits per heavy atom. The van der Waals surface area contributed by atoms with Crippen molar-refractivity contribution in [1.29, 1.82) is 0 Å². The number of carboxylic acids is 1. The Morgan fingerprint density at radius 3 is 2.58 bits per heavy atom. The normalized spacial score (nSPS) is 12.0. The first-order chi connectivity index (χ1) is 11.6. The molecule has 0 fully saturated rings. The number of hydrogen-bond donors (Lipinski definition) is 0. The Bertz CT molecular complexity index is 927. The molecule has 0 radical (unpaired) electrons. The van der Waals surface area contributed by atoms with Crippen LogP contribution in [-0.4, -0.2) is 5.97 Å². The number of carbonyl (C=O) groups excluding carboxylic acids is 1. The minimum Gasteiger partial charge on any atom is -0.546 e. The van der Waals surface area contributed by atoms with E-state index in [-0.39, 0.29) is 5.75 Å². The molecule has 2 aromatic carbocycles. The highest BCUT2D eigenvalue weighted by Crippen LogP contribution is 2.27. The molecule has 0 amide bonds. The Labute approximate surface area is 138 Å². The molecule has 24 heavy (non-hydrogen) atoms. The fraction of sp³-hybridized carbons (Fsp3) is 0.158. The van der Waals surface area contributed by atoms with Crippen LogP contribution in [0.25, 0.3) is 11.0 Å². The lowest BCUT2D eigenvalue weighted by Gasteiger charge is -2.20. The molecule has 1 atom stereocenters. The summed E-state index contributed by atoms with van der Waals surface area (Å²) in [6.45, 7) is 1.94. The molecule has 0 aliphatic heterocycles. The van der Waals surface area contributed by atoms with Crippen LogP contribution in [0.15, 0.2) is 63.8 Å². The molecule has 0 spiro atoms. The Hall–Kier alpha value is -3.08. The van der Waals surface area contributed by atoms with Crippen LogP contribution in [0.3, 0.4) is 0 Å². The second-order valence-corrected chi connectivity index (χ2v) is 5.33. The van der Waals surface area contributed by atoms with Gasteiger partial charge in [-0.05, 0) is 29.7 Å². The molecule has 3 rings (SSSR count). The van der Waals surface area contributed by atoms with Crippen LogP contribution >= 0.6 is 0 Å². The lowest BCUT2D eigenvalue weighted by Crippen LogP contribution is -2.33. The van der Waals surface area contributed by atoms with Gasteiger partial charge in [-0.25, -0.2) is 4.79 Å². The molecule has 3 aromatic rings. The maximum atomic E-state index is 11.6. The number of hydrogen-bond acceptors (Lipinski definition) is 5. The highest BCUT2D eigenvalue weighted by molar-refractivity contribution is 5.81. The first-order valence-electron chi connectivity index (χ1n) is 7.57. The number of aryl methyl sites for hydroxylation is 1. The lowest BCUT2D eigenvalue weighted by molar-refractivity contribution is -0.314. The monoisotopic (exact) mass is 323 g/mol. The van der Waals surface area contributed by atoms with Gasteiger partial charge in [0, 0.05) is 17.5 Å². The van der Waals surface area contributed by atoms with Crippen molar-refractivity contribution < 1.29 is 19.1 Å². The first kappa shape index (κ1) is 15.8. The third-order valence-electron chi connectivity index (χ3n) is 3.75. The second kappa shape index (κ2) is 6.58. The predicted octanol–water partition coefficient (Wildman–Crippen LogP) is 2.23. The van der Waals surface area contributed by atoms with Gasteiger partial charge in [-0.1, -0.05) is 37.3 Å². The van der Waals surface area contributed by atoms with E-state index < -0.39 is 17.7 Å². The van der Waals surface area contributed by atoms with Gasteiger partial charge in [-0.15, -0.1) is 0 Å². The number of fused-ring (bicyclic) bond motifs is 1. The zero-order valence-electron chi connectivity index (χ0n) is 13.0. The maximum absolute atomic E-state index is 11.6. The quantitative estimate of drug-likeness (QED) is 0.673. The van der Waals surface area contributed by atoms with Crippen LogP contribution in [0.1, 0.15) is 24.2 Å². The van der Waals surface area contributed by atoms with Crippen molar-refractivity contribution in [2.24, 2.45) is 0 Å². The van der Waals surface area contributed by atoms with Crippen molar-refractivity contribution in [2.45, 2.75) is 19.4 Å². The molecule has 0 saturated carbocycles. The molecule has 0 unspecified atom stereocenters. The summed E-state index contributed by atoms with van der Waals surface area (Å²) in [6.07, 6.45) is -0.557. The summed E-state index contributed by atoms with van der Waals surface area (Å²) in [5, 5.41) is 12.2.